The predicted molar refractivity (Wildman–Crippen MR) is 101 cm³/mol. The van der Waals surface area contributed by atoms with E-state index in [1.807, 2.05) is 0 Å². The van der Waals surface area contributed by atoms with Crippen LogP contribution in [0.1, 0.15) is 96.8 Å². The molecule has 0 spiro atoms. The Hall–Kier alpha value is -1.26. The van der Waals surface area contributed by atoms with Gasteiger partial charge in [-0.1, -0.05) is 95.5 Å². The first kappa shape index (κ1) is 23.7. The Morgan fingerprint density at radius 1 is 0.960 bits per heavy atom. The quantitative estimate of drug-likeness (QED) is 0.119. The minimum absolute atomic E-state index is 0.455. The molecule has 0 radical (unpaired) electrons. The van der Waals surface area contributed by atoms with Crippen LogP contribution < -0.4 is 0 Å². The van der Waals surface area contributed by atoms with Crippen molar-refractivity contribution in [3.63, 3.8) is 0 Å². The number of esters is 1. The molecule has 0 aliphatic heterocycles. The van der Waals surface area contributed by atoms with Gasteiger partial charge in [0.15, 0.2) is 6.04 Å². The van der Waals surface area contributed by atoms with Crippen LogP contribution in [0, 0.1) is 0 Å². The molecular formula is C19H37N3O3. The first-order valence-corrected chi connectivity index (χ1v) is 9.97. The number of aliphatic hydroxyl groups excluding tert-OH is 1. The summed E-state index contributed by atoms with van der Waals surface area (Å²) >= 11 is 0. The van der Waals surface area contributed by atoms with E-state index in [-0.39, 0.29) is 0 Å². The van der Waals surface area contributed by atoms with Gasteiger partial charge in [-0.05, 0) is 12.0 Å². The third kappa shape index (κ3) is 13.7. The molecule has 0 aliphatic rings. The highest BCUT2D eigenvalue weighted by atomic mass is 16.5. The van der Waals surface area contributed by atoms with Crippen molar-refractivity contribution in [3.05, 3.63) is 10.4 Å². The minimum atomic E-state index is -1.13. The van der Waals surface area contributed by atoms with Crippen molar-refractivity contribution in [2.75, 3.05) is 7.11 Å². The van der Waals surface area contributed by atoms with E-state index in [9.17, 15) is 9.90 Å². The lowest BCUT2D eigenvalue weighted by molar-refractivity contribution is -0.144. The second-order valence-corrected chi connectivity index (χ2v) is 6.77. The number of aliphatic hydroxyl groups is 1. The zero-order valence-corrected chi connectivity index (χ0v) is 16.2. The van der Waals surface area contributed by atoms with Gasteiger partial charge in [-0.2, -0.15) is 0 Å². The number of carbonyl (C=O) groups is 1. The number of rotatable bonds is 17. The van der Waals surface area contributed by atoms with Crippen LogP contribution in [-0.4, -0.2) is 30.3 Å². The van der Waals surface area contributed by atoms with Crippen LogP contribution in [0.5, 0.6) is 0 Å². The molecule has 0 aromatic heterocycles. The van der Waals surface area contributed by atoms with Crippen LogP contribution >= 0.6 is 0 Å². The summed E-state index contributed by atoms with van der Waals surface area (Å²) in [6, 6.07) is -1.13. The summed E-state index contributed by atoms with van der Waals surface area (Å²) in [6.45, 7) is 2.25. The normalized spacial score (nSPS) is 13.1. The second-order valence-electron chi connectivity index (χ2n) is 6.77. The van der Waals surface area contributed by atoms with E-state index in [0.717, 1.165) is 19.3 Å². The summed E-state index contributed by atoms with van der Waals surface area (Å²) in [4.78, 5) is 14.0. The van der Waals surface area contributed by atoms with Gasteiger partial charge in [-0.3, -0.25) is 4.79 Å². The zero-order chi connectivity index (χ0) is 18.8. The Balaban J connectivity index is 3.51. The van der Waals surface area contributed by atoms with E-state index in [2.05, 4.69) is 21.7 Å². The number of carbonyl (C=O) groups excluding carboxylic acids is 1. The highest BCUT2D eigenvalue weighted by molar-refractivity contribution is 5.76. The molecule has 2 atom stereocenters. The van der Waals surface area contributed by atoms with Crippen LogP contribution in [0.15, 0.2) is 5.11 Å². The van der Waals surface area contributed by atoms with Gasteiger partial charge in [0.2, 0.25) is 0 Å². The maximum Gasteiger partial charge on any atom is 0.317 e. The standard InChI is InChI=1S/C19H37N3O3/c1-3-4-5-6-7-8-9-10-11-12-13-14-15-16-17(23)18(21-22-20)19(24)25-2/h17-18,23H,3-16H2,1-2H3/t17-,18+/m0/s1. The lowest BCUT2D eigenvalue weighted by Crippen LogP contribution is -2.33. The molecule has 0 bridgehead atoms. The number of nitrogens with zero attached hydrogens (tertiary/aromatic N) is 3. The third-order valence-corrected chi connectivity index (χ3v) is 4.59. The Morgan fingerprint density at radius 2 is 1.40 bits per heavy atom. The molecule has 0 aromatic rings. The van der Waals surface area contributed by atoms with E-state index in [1.54, 1.807) is 0 Å². The van der Waals surface area contributed by atoms with Gasteiger partial charge in [-0.25, -0.2) is 0 Å². The number of azide groups is 1. The Labute approximate surface area is 153 Å². The molecule has 0 amide bonds. The average molecular weight is 356 g/mol. The van der Waals surface area contributed by atoms with Crippen LogP contribution in [0.25, 0.3) is 10.4 Å². The molecule has 0 heterocycles. The van der Waals surface area contributed by atoms with Gasteiger partial charge in [0.05, 0.1) is 13.2 Å². The molecular weight excluding hydrogens is 318 g/mol. The first-order valence-electron chi connectivity index (χ1n) is 9.97. The number of methoxy groups -OCH3 is 1. The molecule has 0 rings (SSSR count). The molecule has 0 saturated carbocycles. The fourth-order valence-electron chi connectivity index (χ4n) is 2.99. The lowest BCUT2D eigenvalue weighted by atomic mass is 10.0. The Morgan fingerprint density at radius 3 is 1.80 bits per heavy atom. The summed E-state index contributed by atoms with van der Waals surface area (Å²) in [5, 5.41) is 13.3. The average Bonchev–Trinajstić information content (AvgIpc) is 2.62. The molecule has 0 aliphatic carbocycles. The summed E-state index contributed by atoms with van der Waals surface area (Å²) in [5.74, 6) is -0.681. The largest absolute Gasteiger partial charge is 0.469 e. The molecule has 0 unspecified atom stereocenters. The summed E-state index contributed by atoms with van der Waals surface area (Å²) in [5.41, 5.74) is 8.45. The van der Waals surface area contributed by atoms with E-state index in [1.165, 1.54) is 71.3 Å². The van der Waals surface area contributed by atoms with Gasteiger partial charge in [0, 0.05) is 4.91 Å². The van der Waals surface area contributed by atoms with Crippen molar-refractivity contribution in [1.82, 2.24) is 0 Å². The van der Waals surface area contributed by atoms with Crippen LogP contribution in [-0.2, 0) is 9.53 Å². The summed E-state index contributed by atoms with van der Waals surface area (Å²) in [7, 11) is 1.22. The first-order chi connectivity index (χ1) is 12.2. The third-order valence-electron chi connectivity index (χ3n) is 4.59. The monoisotopic (exact) mass is 355 g/mol. The van der Waals surface area contributed by atoms with E-state index < -0.39 is 18.1 Å². The molecule has 0 aromatic carbocycles. The highest BCUT2D eigenvalue weighted by Crippen LogP contribution is 2.15. The molecule has 0 fully saturated rings. The van der Waals surface area contributed by atoms with E-state index >= 15 is 0 Å². The molecule has 0 saturated heterocycles. The summed E-state index contributed by atoms with van der Waals surface area (Å²) < 4.78 is 4.54. The van der Waals surface area contributed by atoms with Crippen LogP contribution in [0.3, 0.4) is 0 Å². The maximum atomic E-state index is 11.4. The van der Waals surface area contributed by atoms with Crippen LogP contribution in [0.2, 0.25) is 0 Å². The summed E-state index contributed by atoms with van der Waals surface area (Å²) in [6.07, 6.45) is 15.9. The smallest absolute Gasteiger partial charge is 0.317 e. The van der Waals surface area contributed by atoms with Crippen molar-refractivity contribution in [2.45, 2.75) is 109 Å². The molecule has 6 nitrogen and oxygen atoms in total. The fraction of sp³-hybridized carbons (Fsp3) is 0.947. The number of ether oxygens (including phenoxy) is 1. The predicted octanol–water partition coefficient (Wildman–Crippen LogP) is 5.68. The fourth-order valence-corrected chi connectivity index (χ4v) is 2.99. The van der Waals surface area contributed by atoms with Gasteiger partial charge in [-0.15, -0.1) is 0 Å². The minimum Gasteiger partial charge on any atom is -0.469 e. The number of hydrogen-bond donors (Lipinski definition) is 1. The highest BCUT2D eigenvalue weighted by Gasteiger charge is 2.25. The van der Waals surface area contributed by atoms with Gasteiger partial charge in [0.25, 0.3) is 0 Å². The van der Waals surface area contributed by atoms with E-state index in [0.29, 0.717) is 6.42 Å². The Kier molecular flexibility index (Phi) is 16.7. The molecule has 1 N–H and O–H groups in total. The lowest BCUT2D eigenvalue weighted by Gasteiger charge is -2.15. The van der Waals surface area contributed by atoms with Crippen molar-refractivity contribution in [2.24, 2.45) is 5.11 Å². The van der Waals surface area contributed by atoms with Crippen molar-refractivity contribution >= 4 is 5.97 Å². The van der Waals surface area contributed by atoms with E-state index in [4.69, 9.17) is 5.53 Å². The number of hydrogen-bond acceptors (Lipinski definition) is 4. The molecule has 146 valence electrons. The molecule has 25 heavy (non-hydrogen) atoms. The topological polar surface area (TPSA) is 95.3 Å². The maximum absolute atomic E-state index is 11.4. The molecule has 6 heteroatoms. The van der Waals surface area contributed by atoms with Gasteiger partial charge in [0.1, 0.15) is 0 Å². The number of unbranched alkanes of at least 4 members (excludes halogenated alkanes) is 12. The second kappa shape index (κ2) is 17.6. The SMILES string of the molecule is CCCCCCCCCCCCCCC[C@H](O)[C@@H](N=[N+]=[N-])C(=O)OC. The Bertz CT molecular complexity index is 371. The van der Waals surface area contributed by atoms with Crippen molar-refractivity contribution in [1.29, 1.82) is 0 Å². The zero-order valence-electron chi connectivity index (χ0n) is 16.2. The van der Waals surface area contributed by atoms with Crippen molar-refractivity contribution in [3.8, 4) is 0 Å². The van der Waals surface area contributed by atoms with Gasteiger partial charge < -0.3 is 9.84 Å². The van der Waals surface area contributed by atoms with Crippen molar-refractivity contribution < 1.29 is 14.6 Å². The van der Waals surface area contributed by atoms with Crippen LogP contribution in [0.4, 0.5) is 0 Å². The van der Waals surface area contributed by atoms with Gasteiger partial charge >= 0.3 is 5.97 Å².